The van der Waals surface area contributed by atoms with Gasteiger partial charge in [0.1, 0.15) is 23.0 Å². The van der Waals surface area contributed by atoms with E-state index in [0.29, 0.717) is 22.6 Å². The van der Waals surface area contributed by atoms with Crippen LogP contribution >= 0.6 is 0 Å². The van der Waals surface area contributed by atoms with Gasteiger partial charge in [-0.05, 0) is 110 Å². The predicted octanol–water partition coefficient (Wildman–Crippen LogP) is 10.7. The molecule has 280 valence electrons. The van der Waals surface area contributed by atoms with Crippen molar-refractivity contribution in [1.82, 2.24) is 0 Å². The molecule has 0 spiro atoms. The van der Waals surface area contributed by atoms with E-state index in [0.717, 1.165) is 25.7 Å². The summed E-state index contributed by atoms with van der Waals surface area (Å²) in [6, 6.07) is 27.2. The normalized spacial score (nSPS) is 11.4. The molecule has 0 aliphatic rings. The number of rotatable bonds is 21. The first-order valence-electron chi connectivity index (χ1n) is 19.0. The molecule has 0 N–H and O–H groups in total. The first-order chi connectivity index (χ1) is 25.7. The van der Waals surface area contributed by atoms with Gasteiger partial charge < -0.3 is 18.9 Å². The number of aryl methyl sites for hydroxylation is 2. The van der Waals surface area contributed by atoms with Gasteiger partial charge in [0.05, 0.1) is 23.5 Å². The second-order valence-corrected chi connectivity index (χ2v) is 13.4. The van der Waals surface area contributed by atoms with E-state index < -0.39 is 29.8 Å². The van der Waals surface area contributed by atoms with Gasteiger partial charge in [-0.3, -0.25) is 9.59 Å². The topological polar surface area (TPSA) is 105 Å². The molecule has 4 aromatic rings. The van der Waals surface area contributed by atoms with Crippen molar-refractivity contribution < 1.29 is 38.1 Å². The molecule has 0 radical (unpaired) electrons. The van der Waals surface area contributed by atoms with Crippen molar-refractivity contribution in [2.75, 3.05) is 0 Å². The van der Waals surface area contributed by atoms with Crippen LogP contribution in [0, 0.1) is 5.92 Å². The quantitative estimate of drug-likeness (QED) is 0.0476. The van der Waals surface area contributed by atoms with Gasteiger partial charge in [0.15, 0.2) is 0 Å². The maximum atomic E-state index is 12.7. The zero-order valence-electron chi connectivity index (χ0n) is 31.3. The summed E-state index contributed by atoms with van der Waals surface area (Å²) in [5.41, 5.74) is 3.30. The van der Waals surface area contributed by atoms with Crippen LogP contribution in [0.3, 0.4) is 0 Å². The molecule has 53 heavy (non-hydrogen) atoms. The minimum absolute atomic E-state index is 0.211. The molecule has 4 aromatic carbocycles. The maximum absolute atomic E-state index is 12.7. The zero-order chi connectivity index (χ0) is 37.8. The highest BCUT2D eigenvalue weighted by molar-refractivity contribution is 5.91. The highest BCUT2D eigenvalue weighted by Crippen LogP contribution is 2.23. The summed E-state index contributed by atoms with van der Waals surface area (Å²) < 4.78 is 21.8. The van der Waals surface area contributed by atoms with Crippen LogP contribution in [0.5, 0.6) is 23.0 Å². The minimum atomic E-state index is -0.785. The molecule has 8 heteroatoms. The van der Waals surface area contributed by atoms with Crippen LogP contribution in [0.1, 0.15) is 123 Å². The number of ether oxygens (including phenoxy) is 4. The van der Waals surface area contributed by atoms with Crippen molar-refractivity contribution in [3.8, 4) is 23.0 Å². The van der Waals surface area contributed by atoms with Crippen LogP contribution in [-0.4, -0.2) is 23.9 Å². The third-order valence-corrected chi connectivity index (χ3v) is 8.91. The van der Waals surface area contributed by atoms with Crippen molar-refractivity contribution in [2.24, 2.45) is 5.92 Å². The Balaban J connectivity index is 1.16. The average molecular weight is 721 g/mol. The molecular weight excluding hydrogens is 668 g/mol. The number of unbranched alkanes of at least 4 members (excludes halogenated alkanes) is 8. The largest absolute Gasteiger partial charge is 0.427 e. The predicted molar refractivity (Wildman–Crippen MR) is 206 cm³/mol. The molecule has 8 nitrogen and oxygen atoms in total. The highest BCUT2D eigenvalue weighted by atomic mass is 16.6. The Hall–Kier alpha value is -5.24. The van der Waals surface area contributed by atoms with E-state index in [2.05, 4.69) is 13.8 Å². The average Bonchev–Trinajstić information content (AvgIpc) is 3.16. The van der Waals surface area contributed by atoms with E-state index in [1.165, 1.54) is 111 Å². The Morgan fingerprint density at radius 1 is 0.453 bits per heavy atom. The van der Waals surface area contributed by atoms with E-state index >= 15 is 0 Å². The van der Waals surface area contributed by atoms with Crippen LogP contribution in [-0.2, 0) is 22.4 Å². The first-order valence-corrected chi connectivity index (χ1v) is 19.0. The van der Waals surface area contributed by atoms with Crippen molar-refractivity contribution in [1.29, 1.82) is 0 Å². The molecule has 0 amide bonds. The Kier molecular flexibility index (Phi) is 16.8. The molecule has 0 aromatic heterocycles. The van der Waals surface area contributed by atoms with Gasteiger partial charge in [-0.1, -0.05) is 96.4 Å². The Bertz CT molecular complexity index is 1730. The third-order valence-electron chi connectivity index (χ3n) is 8.91. The monoisotopic (exact) mass is 720 g/mol. The second-order valence-electron chi connectivity index (χ2n) is 13.4. The summed E-state index contributed by atoms with van der Waals surface area (Å²) in [5, 5.41) is 0. The summed E-state index contributed by atoms with van der Waals surface area (Å²) in [6.07, 6.45) is 13.9. The Labute approximate surface area is 313 Å². The number of hydrogen-bond acceptors (Lipinski definition) is 8. The number of carbonyl (C=O) groups excluding carboxylic acids is 4. The molecule has 0 heterocycles. The van der Waals surface area contributed by atoms with E-state index in [-0.39, 0.29) is 17.9 Å². The van der Waals surface area contributed by atoms with Crippen LogP contribution in [0.25, 0.3) is 0 Å². The lowest BCUT2D eigenvalue weighted by atomic mass is 10.0. The van der Waals surface area contributed by atoms with E-state index in [4.69, 9.17) is 18.9 Å². The van der Waals surface area contributed by atoms with Gasteiger partial charge in [-0.15, -0.1) is 0 Å². The molecule has 0 aliphatic carbocycles. The lowest BCUT2D eigenvalue weighted by molar-refractivity contribution is -0.144. The first kappa shape index (κ1) is 40.5. The smallest absolute Gasteiger partial charge is 0.343 e. The van der Waals surface area contributed by atoms with Crippen molar-refractivity contribution in [2.45, 2.75) is 104 Å². The van der Waals surface area contributed by atoms with E-state index in [1.807, 2.05) is 24.3 Å². The van der Waals surface area contributed by atoms with Crippen molar-refractivity contribution in [3.63, 3.8) is 0 Å². The number of esters is 4. The summed E-state index contributed by atoms with van der Waals surface area (Å²) in [6.45, 7) is 5.97. The van der Waals surface area contributed by atoms with E-state index in [1.54, 1.807) is 31.2 Å². The summed E-state index contributed by atoms with van der Waals surface area (Å²) >= 11 is 0. The summed E-state index contributed by atoms with van der Waals surface area (Å²) in [4.78, 5) is 50.5. The lowest BCUT2D eigenvalue weighted by Gasteiger charge is -2.12. The van der Waals surface area contributed by atoms with Crippen molar-refractivity contribution in [3.05, 3.63) is 119 Å². The molecule has 0 bridgehead atoms. The zero-order valence-corrected chi connectivity index (χ0v) is 31.3. The van der Waals surface area contributed by atoms with Crippen LogP contribution in [0.2, 0.25) is 0 Å². The van der Waals surface area contributed by atoms with Gasteiger partial charge in [0.2, 0.25) is 0 Å². The molecule has 4 rings (SSSR count). The molecule has 0 aliphatic heterocycles. The molecule has 0 saturated carbocycles. The fourth-order valence-electron chi connectivity index (χ4n) is 5.69. The highest BCUT2D eigenvalue weighted by Gasteiger charge is 2.21. The van der Waals surface area contributed by atoms with Gasteiger partial charge >= 0.3 is 23.9 Å². The summed E-state index contributed by atoms with van der Waals surface area (Å²) in [5.74, 6) is -1.85. The molecule has 1 unspecified atom stereocenters. The number of carbonyl (C=O) groups is 4. The number of hydrogen-bond donors (Lipinski definition) is 0. The second kappa shape index (κ2) is 22.0. The third kappa shape index (κ3) is 14.4. The molecule has 0 fully saturated rings. The van der Waals surface area contributed by atoms with E-state index in [9.17, 15) is 19.2 Å². The van der Waals surface area contributed by atoms with Gasteiger partial charge in [0, 0.05) is 0 Å². The SMILES string of the molecule is CCCCCCCc1ccc(C(=O)Oc2ccc(OC(=O)CC(C)C(=O)Oc3ccc(OC(=O)c4ccc(CCCCCCC)cc4)cc3)cc2)cc1. The van der Waals surface area contributed by atoms with Crippen LogP contribution < -0.4 is 18.9 Å². The fourth-order valence-corrected chi connectivity index (χ4v) is 5.69. The summed E-state index contributed by atoms with van der Waals surface area (Å²) in [7, 11) is 0. The van der Waals surface area contributed by atoms with Gasteiger partial charge in [0.25, 0.3) is 0 Å². The van der Waals surface area contributed by atoms with Crippen LogP contribution in [0.15, 0.2) is 97.1 Å². The molecule has 1 atom stereocenters. The maximum Gasteiger partial charge on any atom is 0.343 e. The minimum Gasteiger partial charge on any atom is -0.427 e. The van der Waals surface area contributed by atoms with Crippen LogP contribution in [0.4, 0.5) is 0 Å². The molecular formula is C45H52O8. The fraction of sp³-hybridized carbons (Fsp3) is 0.378. The lowest BCUT2D eigenvalue weighted by Crippen LogP contribution is -2.23. The Morgan fingerprint density at radius 3 is 1.21 bits per heavy atom. The molecule has 0 saturated heterocycles. The van der Waals surface area contributed by atoms with Gasteiger partial charge in [-0.25, -0.2) is 9.59 Å². The Morgan fingerprint density at radius 2 is 0.811 bits per heavy atom. The standard InChI is InChI=1S/C45H52O8/c1-4-6-8-10-12-14-34-16-20-36(21-17-34)44(48)52-40-26-24-38(25-27-40)50-42(46)32-33(3)43(47)51-39-28-30-41(31-29-39)53-45(49)37-22-18-35(19-23-37)15-13-11-9-7-5-2/h16-31,33H,4-15,32H2,1-3H3. The van der Waals surface area contributed by atoms with Crippen molar-refractivity contribution >= 4 is 23.9 Å². The van der Waals surface area contributed by atoms with Gasteiger partial charge in [-0.2, -0.15) is 0 Å². The number of benzene rings is 4.